The van der Waals surface area contributed by atoms with E-state index >= 15 is 0 Å². The average molecular weight is 265 g/mol. The molecule has 1 N–H and O–H groups in total. The molecular weight excluding hydrogens is 238 g/mol. The Bertz CT molecular complexity index is 364. The Morgan fingerprint density at radius 3 is 2.47 bits per heavy atom. The highest BCUT2D eigenvalue weighted by atomic mass is 16.2. The van der Waals surface area contributed by atoms with E-state index in [-0.39, 0.29) is 11.7 Å². The van der Waals surface area contributed by atoms with Gasteiger partial charge in [0, 0.05) is 12.6 Å². The van der Waals surface area contributed by atoms with Crippen molar-refractivity contribution < 1.29 is 4.79 Å². The van der Waals surface area contributed by atoms with Gasteiger partial charge in [-0.25, -0.2) is 0 Å². The van der Waals surface area contributed by atoms with Crippen molar-refractivity contribution in [3.8, 4) is 0 Å². The molecule has 3 unspecified atom stereocenters. The lowest BCUT2D eigenvalue weighted by Gasteiger charge is -2.49. The predicted molar refractivity (Wildman–Crippen MR) is 75.7 cm³/mol. The number of rotatable bonds is 3. The van der Waals surface area contributed by atoms with Gasteiger partial charge in [0.25, 0.3) is 0 Å². The van der Waals surface area contributed by atoms with Crippen LogP contribution in [0.5, 0.6) is 0 Å². The molecular formula is C15H27N3O. The number of carbonyl (C=O) groups excluding carboxylic acids is 1. The first-order valence-electron chi connectivity index (χ1n) is 7.92. The van der Waals surface area contributed by atoms with Gasteiger partial charge < -0.3 is 9.80 Å². The standard InChI is InChI=1S/C15H27N3O/c1-4-13-16-15(3,5-2)14(19)18(13)12-10-17-8-6-11(12)7-9-17/h11-13,16H,4-10H2,1-3H3. The zero-order chi connectivity index (χ0) is 13.6. The molecule has 4 aliphatic rings. The summed E-state index contributed by atoms with van der Waals surface area (Å²) in [6, 6.07) is 0.445. The molecule has 108 valence electrons. The maximum atomic E-state index is 12.8. The van der Waals surface area contributed by atoms with Crippen molar-refractivity contribution in [1.82, 2.24) is 15.1 Å². The summed E-state index contributed by atoms with van der Waals surface area (Å²) >= 11 is 0. The quantitative estimate of drug-likeness (QED) is 0.838. The predicted octanol–water partition coefficient (Wildman–Crippen LogP) is 1.42. The second-order valence-corrected chi connectivity index (χ2v) is 6.67. The smallest absolute Gasteiger partial charge is 0.244 e. The number of amides is 1. The zero-order valence-corrected chi connectivity index (χ0v) is 12.5. The van der Waals surface area contributed by atoms with Crippen molar-refractivity contribution >= 4 is 5.91 Å². The maximum absolute atomic E-state index is 12.8. The Morgan fingerprint density at radius 1 is 1.32 bits per heavy atom. The van der Waals surface area contributed by atoms with Crippen LogP contribution in [0.3, 0.4) is 0 Å². The summed E-state index contributed by atoms with van der Waals surface area (Å²) in [7, 11) is 0. The maximum Gasteiger partial charge on any atom is 0.244 e. The van der Waals surface area contributed by atoms with Crippen LogP contribution in [0.2, 0.25) is 0 Å². The van der Waals surface area contributed by atoms with Crippen molar-refractivity contribution in [2.24, 2.45) is 5.92 Å². The summed E-state index contributed by atoms with van der Waals surface area (Å²) in [6.45, 7) is 9.92. The van der Waals surface area contributed by atoms with Crippen LogP contribution in [0.25, 0.3) is 0 Å². The molecule has 2 bridgehead atoms. The number of hydrogen-bond donors (Lipinski definition) is 1. The summed E-state index contributed by atoms with van der Waals surface area (Å²) < 4.78 is 0. The lowest BCUT2D eigenvalue weighted by molar-refractivity contribution is -0.139. The third kappa shape index (κ3) is 2.00. The number of nitrogens with zero attached hydrogens (tertiary/aromatic N) is 2. The van der Waals surface area contributed by atoms with Crippen molar-refractivity contribution in [2.45, 2.75) is 64.2 Å². The Morgan fingerprint density at radius 2 is 2.00 bits per heavy atom. The summed E-state index contributed by atoms with van der Waals surface area (Å²) in [5, 5.41) is 3.58. The largest absolute Gasteiger partial charge is 0.321 e. The van der Waals surface area contributed by atoms with Crippen LogP contribution in [0.1, 0.15) is 46.5 Å². The molecule has 0 saturated carbocycles. The van der Waals surface area contributed by atoms with Crippen molar-refractivity contribution in [2.75, 3.05) is 19.6 Å². The van der Waals surface area contributed by atoms with Crippen molar-refractivity contribution in [3.05, 3.63) is 0 Å². The molecule has 4 aliphatic heterocycles. The zero-order valence-electron chi connectivity index (χ0n) is 12.5. The van der Waals surface area contributed by atoms with Gasteiger partial charge in [0.2, 0.25) is 5.91 Å². The monoisotopic (exact) mass is 265 g/mol. The minimum atomic E-state index is -0.341. The lowest BCUT2D eigenvalue weighted by Crippen LogP contribution is -2.60. The second kappa shape index (κ2) is 4.74. The van der Waals surface area contributed by atoms with Gasteiger partial charge in [-0.2, -0.15) is 0 Å². The van der Waals surface area contributed by atoms with Gasteiger partial charge in [-0.15, -0.1) is 0 Å². The molecule has 4 heterocycles. The molecule has 19 heavy (non-hydrogen) atoms. The second-order valence-electron chi connectivity index (χ2n) is 6.67. The molecule has 4 rings (SSSR count). The van der Waals surface area contributed by atoms with Crippen LogP contribution in [-0.2, 0) is 4.79 Å². The first kappa shape index (κ1) is 13.4. The van der Waals surface area contributed by atoms with Gasteiger partial charge in [-0.05, 0) is 51.6 Å². The minimum absolute atomic E-state index is 0.239. The highest BCUT2D eigenvalue weighted by Crippen LogP contribution is 2.36. The Hall–Kier alpha value is -0.610. The average Bonchev–Trinajstić information content (AvgIpc) is 2.72. The highest BCUT2D eigenvalue weighted by Gasteiger charge is 2.51. The van der Waals surface area contributed by atoms with E-state index in [4.69, 9.17) is 0 Å². The fourth-order valence-electron chi connectivity index (χ4n) is 4.11. The van der Waals surface area contributed by atoms with Crippen LogP contribution in [0.15, 0.2) is 0 Å². The molecule has 4 fully saturated rings. The van der Waals surface area contributed by atoms with Crippen LogP contribution in [0.4, 0.5) is 0 Å². The fraction of sp³-hybridized carbons (Fsp3) is 0.933. The number of piperidine rings is 3. The lowest BCUT2D eigenvalue weighted by atomic mass is 9.82. The van der Waals surface area contributed by atoms with Gasteiger partial charge >= 0.3 is 0 Å². The van der Waals surface area contributed by atoms with E-state index in [9.17, 15) is 4.79 Å². The molecule has 3 atom stereocenters. The van der Waals surface area contributed by atoms with Crippen LogP contribution in [0, 0.1) is 5.92 Å². The number of nitrogens with one attached hydrogen (secondary N) is 1. The first-order chi connectivity index (χ1) is 9.09. The van der Waals surface area contributed by atoms with Crippen molar-refractivity contribution in [1.29, 1.82) is 0 Å². The van der Waals surface area contributed by atoms with E-state index < -0.39 is 0 Å². The van der Waals surface area contributed by atoms with E-state index in [1.165, 1.54) is 25.9 Å². The number of carbonyl (C=O) groups is 1. The van der Waals surface area contributed by atoms with Gasteiger partial charge in [0.05, 0.1) is 11.7 Å². The van der Waals surface area contributed by atoms with E-state index in [0.29, 0.717) is 11.9 Å². The minimum Gasteiger partial charge on any atom is -0.321 e. The van der Waals surface area contributed by atoms with Crippen molar-refractivity contribution in [3.63, 3.8) is 0 Å². The molecule has 4 saturated heterocycles. The SMILES string of the molecule is CCC1NC(C)(CC)C(=O)N1C1CN2CCC1CC2. The van der Waals surface area contributed by atoms with E-state index in [2.05, 4.69) is 35.9 Å². The Balaban J connectivity index is 1.84. The fourth-order valence-corrected chi connectivity index (χ4v) is 4.11. The molecule has 4 heteroatoms. The summed E-state index contributed by atoms with van der Waals surface area (Å²) in [5.74, 6) is 1.06. The molecule has 4 nitrogen and oxygen atoms in total. The third-order valence-electron chi connectivity index (χ3n) is 5.60. The highest BCUT2D eigenvalue weighted by molar-refractivity contribution is 5.88. The summed E-state index contributed by atoms with van der Waals surface area (Å²) in [6.07, 6.45) is 4.66. The van der Waals surface area contributed by atoms with Gasteiger partial charge in [-0.3, -0.25) is 10.1 Å². The Labute approximate surface area is 116 Å². The molecule has 0 spiro atoms. The topological polar surface area (TPSA) is 35.6 Å². The molecule has 1 amide bonds. The van der Waals surface area contributed by atoms with Crippen LogP contribution < -0.4 is 5.32 Å². The van der Waals surface area contributed by atoms with Crippen LogP contribution >= 0.6 is 0 Å². The molecule has 0 aliphatic carbocycles. The van der Waals surface area contributed by atoms with E-state index in [1.54, 1.807) is 0 Å². The molecule has 0 aromatic carbocycles. The normalized spacial score (nSPS) is 46.1. The number of fused-ring (bicyclic) bond motifs is 3. The van der Waals surface area contributed by atoms with E-state index in [0.717, 1.165) is 25.3 Å². The van der Waals surface area contributed by atoms with Crippen LogP contribution in [-0.4, -0.2) is 53.1 Å². The first-order valence-corrected chi connectivity index (χ1v) is 7.92. The molecule has 0 aromatic rings. The number of hydrogen-bond acceptors (Lipinski definition) is 3. The van der Waals surface area contributed by atoms with E-state index in [1.807, 2.05) is 0 Å². The van der Waals surface area contributed by atoms with Gasteiger partial charge in [0.15, 0.2) is 0 Å². The third-order valence-corrected chi connectivity index (χ3v) is 5.60. The van der Waals surface area contributed by atoms with Gasteiger partial charge in [-0.1, -0.05) is 13.8 Å². The summed E-state index contributed by atoms with van der Waals surface area (Å²) in [5.41, 5.74) is -0.341. The molecule has 0 radical (unpaired) electrons. The Kier molecular flexibility index (Phi) is 3.34. The summed E-state index contributed by atoms with van der Waals surface area (Å²) in [4.78, 5) is 17.6. The van der Waals surface area contributed by atoms with Gasteiger partial charge in [0.1, 0.15) is 0 Å². The molecule has 0 aromatic heterocycles.